The molecule has 0 fully saturated rings. The van der Waals surface area contributed by atoms with Gasteiger partial charge in [0.05, 0.1) is 11.5 Å². The summed E-state index contributed by atoms with van der Waals surface area (Å²) in [7, 11) is 0. The molecule has 0 spiro atoms. The molecule has 0 aliphatic rings. The topological polar surface area (TPSA) is 69.2 Å². The maximum atomic E-state index is 12.6. The fraction of sp³-hybridized carbons (Fsp3) is 0.176. The summed E-state index contributed by atoms with van der Waals surface area (Å²) >= 11 is 0.863. The van der Waals surface area contributed by atoms with Gasteiger partial charge in [0, 0.05) is 11.4 Å². The molecule has 0 saturated heterocycles. The van der Waals surface area contributed by atoms with Crippen LogP contribution in [0.15, 0.2) is 54.6 Å². The summed E-state index contributed by atoms with van der Waals surface area (Å²) < 4.78 is 37.7. The Morgan fingerprint density at radius 1 is 1.04 bits per heavy atom. The fourth-order valence-corrected chi connectivity index (χ4v) is 2.92. The molecule has 0 radical (unpaired) electrons. The Kier molecular flexibility index (Phi) is 6.08. The third-order valence-electron chi connectivity index (χ3n) is 3.19. The van der Waals surface area contributed by atoms with E-state index in [1.807, 2.05) is 0 Å². The molecule has 0 aromatic heterocycles. The molecule has 132 valence electrons. The quantitative estimate of drug-likeness (QED) is 0.851. The molecule has 8 heteroatoms. The molecule has 1 atom stereocenters. The van der Waals surface area contributed by atoms with E-state index in [9.17, 15) is 27.9 Å². The lowest BCUT2D eigenvalue weighted by Gasteiger charge is -2.17. The molecule has 1 N–H and O–H groups in total. The molecule has 0 aliphatic carbocycles. The zero-order chi connectivity index (χ0) is 18.4. The van der Waals surface area contributed by atoms with E-state index in [2.05, 4.69) is 5.32 Å². The average molecular weight is 368 g/mol. The summed E-state index contributed by atoms with van der Waals surface area (Å²) in [5.41, 5.74) is -0.0532. The van der Waals surface area contributed by atoms with Crippen LogP contribution in [0, 0.1) is 0 Å². The summed E-state index contributed by atoms with van der Waals surface area (Å²) in [5, 5.41) is 12.3. The molecule has 0 bridgehead atoms. The Morgan fingerprint density at radius 3 is 2.16 bits per heavy atom. The first kappa shape index (κ1) is 18.9. The molecule has 25 heavy (non-hydrogen) atoms. The third-order valence-corrected chi connectivity index (χ3v) is 4.41. The van der Waals surface area contributed by atoms with Crippen molar-refractivity contribution in [3.8, 4) is 0 Å². The maximum absolute atomic E-state index is 12.6. The zero-order valence-electron chi connectivity index (χ0n) is 12.7. The van der Waals surface area contributed by atoms with E-state index in [0.717, 1.165) is 36.0 Å². The first-order chi connectivity index (χ1) is 11.8. The number of carboxylic acids is 1. The van der Waals surface area contributed by atoms with Gasteiger partial charge in [0.15, 0.2) is 0 Å². The number of carbonyl (C=O) groups is 2. The van der Waals surface area contributed by atoms with Crippen LogP contribution in [0.4, 0.5) is 18.9 Å². The third kappa shape index (κ3) is 5.53. The molecule has 2 aromatic rings. The van der Waals surface area contributed by atoms with Crippen LogP contribution in [0.2, 0.25) is 0 Å². The maximum Gasteiger partial charge on any atom is 0.416 e. The predicted octanol–water partition coefficient (Wildman–Crippen LogP) is 2.87. The first-order valence-electron chi connectivity index (χ1n) is 7.12. The molecule has 4 nitrogen and oxygen atoms in total. The standard InChI is InChI=1S/C17H14F3NO3S/c18-17(19,20)12-6-8-13(9-7-12)21-16(24)15(25-10-14(22)23)11-4-2-1-3-5-11/h1-9,15H,10H2,(H,21,24)(H,22,23)/p-1/t15-/m1/s1. The highest BCUT2D eigenvalue weighted by molar-refractivity contribution is 8.00. The molecule has 2 aromatic carbocycles. The van der Waals surface area contributed by atoms with E-state index < -0.39 is 28.9 Å². The Balaban J connectivity index is 2.15. The van der Waals surface area contributed by atoms with Gasteiger partial charge in [0.25, 0.3) is 0 Å². The molecule has 0 unspecified atom stereocenters. The Labute approximate surface area is 146 Å². The summed E-state index contributed by atoms with van der Waals surface area (Å²) in [5.74, 6) is -2.23. The van der Waals surface area contributed by atoms with Crippen molar-refractivity contribution in [2.45, 2.75) is 11.4 Å². The normalized spacial score (nSPS) is 12.4. The van der Waals surface area contributed by atoms with Crippen LogP contribution in [0.3, 0.4) is 0 Å². The van der Waals surface area contributed by atoms with Crippen LogP contribution >= 0.6 is 11.8 Å². The van der Waals surface area contributed by atoms with Crippen molar-refractivity contribution >= 4 is 29.3 Å². The fourth-order valence-electron chi connectivity index (χ4n) is 2.05. The van der Waals surface area contributed by atoms with Gasteiger partial charge in [-0.1, -0.05) is 30.3 Å². The van der Waals surface area contributed by atoms with Crippen molar-refractivity contribution in [2.75, 3.05) is 11.1 Å². The lowest BCUT2D eigenvalue weighted by molar-refractivity contribution is -0.301. The van der Waals surface area contributed by atoms with Crippen LogP contribution in [0.1, 0.15) is 16.4 Å². The van der Waals surface area contributed by atoms with Crippen molar-refractivity contribution in [1.82, 2.24) is 0 Å². The molecule has 0 aliphatic heterocycles. The molecule has 2 rings (SSSR count). The number of hydrogen-bond acceptors (Lipinski definition) is 4. The van der Waals surface area contributed by atoms with Crippen LogP contribution in [0.5, 0.6) is 0 Å². The number of hydrogen-bond donors (Lipinski definition) is 1. The Morgan fingerprint density at radius 2 is 1.64 bits per heavy atom. The van der Waals surface area contributed by atoms with E-state index in [-0.39, 0.29) is 11.4 Å². The summed E-state index contributed by atoms with van der Waals surface area (Å²) in [6.45, 7) is 0. The summed E-state index contributed by atoms with van der Waals surface area (Å²) in [6.07, 6.45) is -4.46. The number of aliphatic carboxylic acids is 1. The summed E-state index contributed by atoms with van der Waals surface area (Å²) in [4.78, 5) is 23.1. The largest absolute Gasteiger partial charge is 0.549 e. The van der Waals surface area contributed by atoms with Gasteiger partial charge < -0.3 is 15.2 Å². The van der Waals surface area contributed by atoms with Crippen molar-refractivity contribution in [3.63, 3.8) is 0 Å². The number of amides is 1. The second kappa shape index (κ2) is 8.06. The Hall–Kier alpha value is -2.48. The number of rotatable bonds is 6. The number of anilines is 1. The van der Waals surface area contributed by atoms with Crippen molar-refractivity contribution in [1.29, 1.82) is 0 Å². The molecule has 0 saturated carbocycles. The summed E-state index contributed by atoms with van der Waals surface area (Å²) in [6, 6.07) is 12.5. The molecular formula is C17H13F3NO3S-. The molecular weight excluding hydrogens is 355 g/mol. The second-order valence-corrected chi connectivity index (χ2v) is 6.13. The van der Waals surface area contributed by atoms with Crippen molar-refractivity contribution in [2.24, 2.45) is 0 Å². The van der Waals surface area contributed by atoms with Gasteiger partial charge in [0.2, 0.25) is 5.91 Å². The van der Waals surface area contributed by atoms with Gasteiger partial charge >= 0.3 is 6.18 Å². The molecule has 0 heterocycles. The second-order valence-electron chi connectivity index (χ2n) is 5.04. The highest BCUT2D eigenvalue weighted by Crippen LogP contribution is 2.32. The van der Waals surface area contributed by atoms with Gasteiger partial charge in [-0.15, -0.1) is 11.8 Å². The number of benzene rings is 2. The smallest absolute Gasteiger partial charge is 0.416 e. The van der Waals surface area contributed by atoms with Gasteiger partial charge in [0.1, 0.15) is 5.25 Å². The zero-order valence-corrected chi connectivity index (χ0v) is 13.6. The van der Waals surface area contributed by atoms with Crippen LogP contribution in [0.25, 0.3) is 0 Å². The lowest BCUT2D eigenvalue weighted by atomic mass is 10.1. The lowest BCUT2D eigenvalue weighted by Crippen LogP contribution is -2.27. The van der Waals surface area contributed by atoms with E-state index >= 15 is 0 Å². The minimum absolute atomic E-state index is 0.188. The van der Waals surface area contributed by atoms with Gasteiger partial charge in [-0.25, -0.2) is 0 Å². The van der Waals surface area contributed by atoms with Gasteiger partial charge in [-0.3, -0.25) is 4.79 Å². The predicted molar refractivity (Wildman–Crippen MR) is 86.7 cm³/mol. The van der Waals surface area contributed by atoms with Crippen LogP contribution in [-0.2, 0) is 15.8 Å². The van der Waals surface area contributed by atoms with Crippen LogP contribution in [-0.4, -0.2) is 17.6 Å². The average Bonchev–Trinajstić information content (AvgIpc) is 2.55. The minimum Gasteiger partial charge on any atom is -0.549 e. The first-order valence-corrected chi connectivity index (χ1v) is 8.17. The Bertz CT molecular complexity index is 733. The number of carbonyl (C=O) groups excluding carboxylic acids is 2. The van der Waals surface area contributed by atoms with Gasteiger partial charge in [-0.2, -0.15) is 13.2 Å². The van der Waals surface area contributed by atoms with E-state index in [4.69, 9.17) is 0 Å². The van der Waals surface area contributed by atoms with E-state index in [1.54, 1.807) is 30.3 Å². The van der Waals surface area contributed by atoms with Crippen molar-refractivity contribution in [3.05, 3.63) is 65.7 Å². The number of halogens is 3. The monoisotopic (exact) mass is 368 g/mol. The highest BCUT2D eigenvalue weighted by Gasteiger charge is 2.30. The molecule has 1 amide bonds. The number of alkyl halides is 3. The number of nitrogens with one attached hydrogen (secondary N) is 1. The van der Waals surface area contributed by atoms with E-state index in [1.165, 1.54) is 0 Å². The van der Waals surface area contributed by atoms with Gasteiger partial charge in [-0.05, 0) is 29.8 Å². The minimum atomic E-state index is -4.46. The number of carboxylic acid groups (broad SMARTS) is 1. The van der Waals surface area contributed by atoms with Crippen LogP contribution < -0.4 is 10.4 Å². The van der Waals surface area contributed by atoms with E-state index in [0.29, 0.717) is 5.56 Å². The highest BCUT2D eigenvalue weighted by atomic mass is 32.2. The van der Waals surface area contributed by atoms with Crippen molar-refractivity contribution < 1.29 is 27.9 Å². The number of thioether (sulfide) groups is 1. The SMILES string of the molecule is O=C([O-])CS[C@@H](C(=O)Nc1ccc(C(F)(F)F)cc1)c1ccccc1.